The zero-order valence-electron chi connectivity index (χ0n) is 12.2. The molecule has 0 saturated carbocycles. The molecule has 0 spiro atoms. The molecule has 1 N–H and O–H groups in total. The second-order valence-corrected chi connectivity index (χ2v) is 5.59. The molecule has 7 heteroatoms. The number of nitrogens with zero attached hydrogens (tertiary/aromatic N) is 4. The molecule has 0 fully saturated rings. The van der Waals surface area contributed by atoms with Gasteiger partial charge in [-0.25, -0.2) is 4.98 Å². The Morgan fingerprint density at radius 3 is 3.00 bits per heavy atom. The van der Waals surface area contributed by atoms with Crippen molar-refractivity contribution in [1.82, 2.24) is 24.6 Å². The summed E-state index contributed by atoms with van der Waals surface area (Å²) in [5, 5.41) is 8.25. The molecule has 0 amide bonds. The largest absolute Gasteiger partial charge is 0.311 e. The van der Waals surface area contributed by atoms with Gasteiger partial charge >= 0.3 is 0 Å². The number of fused-ring (bicyclic) bond motifs is 1. The van der Waals surface area contributed by atoms with Gasteiger partial charge in [-0.3, -0.25) is 14.0 Å². The van der Waals surface area contributed by atoms with Gasteiger partial charge in [-0.1, -0.05) is 18.5 Å². The minimum absolute atomic E-state index is 0.0248. The van der Waals surface area contributed by atoms with Crippen molar-refractivity contribution in [2.24, 2.45) is 7.05 Å². The van der Waals surface area contributed by atoms with Gasteiger partial charge in [-0.15, -0.1) is 0 Å². The summed E-state index contributed by atoms with van der Waals surface area (Å²) in [5.74, 6) is 0. The highest BCUT2D eigenvalue weighted by molar-refractivity contribution is 6.31. The molecule has 0 aromatic carbocycles. The molecule has 112 valence electrons. The minimum Gasteiger partial charge on any atom is -0.311 e. The molecule has 0 saturated heterocycles. The Kier molecular flexibility index (Phi) is 3.82. The summed E-state index contributed by atoms with van der Waals surface area (Å²) in [6, 6.07) is 0. The zero-order valence-corrected chi connectivity index (χ0v) is 12.9. The summed E-state index contributed by atoms with van der Waals surface area (Å²) < 4.78 is 3.36. The summed E-state index contributed by atoms with van der Waals surface area (Å²) in [5.41, 5.74) is 3.39. The highest BCUT2D eigenvalue weighted by Crippen LogP contribution is 2.21. The van der Waals surface area contributed by atoms with Gasteiger partial charge < -0.3 is 5.32 Å². The Morgan fingerprint density at radius 1 is 1.48 bits per heavy atom. The first kappa shape index (κ1) is 14.3. The van der Waals surface area contributed by atoms with Crippen molar-refractivity contribution in [3.05, 3.63) is 44.3 Å². The molecule has 3 heterocycles. The molecular weight excluding hydrogens is 290 g/mol. The Hall–Kier alpha value is -1.66. The lowest BCUT2D eigenvalue weighted by atomic mass is 10.1. The number of rotatable bonds is 3. The quantitative estimate of drug-likeness (QED) is 0.914. The van der Waals surface area contributed by atoms with Gasteiger partial charge in [0, 0.05) is 19.2 Å². The van der Waals surface area contributed by atoms with Crippen molar-refractivity contribution in [3.8, 4) is 0 Å². The second-order valence-electron chi connectivity index (χ2n) is 5.21. The average molecular weight is 308 g/mol. The van der Waals surface area contributed by atoms with Crippen LogP contribution in [0, 0.1) is 0 Å². The Labute approximate surface area is 127 Å². The van der Waals surface area contributed by atoms with E-state index in [1.165, 1.54) is 0 Å². The molecule has 0 aliphatic carbocycles. The Morgan fingerprint density at radius 2 is 2.29 bits per heavy atom. The van der Waals surface area contributed by atoms with Crippen LogP contribution in [0.2, 0.25) is 5.02 Å². The smallest absolute Gasteiger partial charge is 0.257 e. The molecule has 3 rings (SSSR count). The van der Waals surface area contributed by atoms with Crippen LogP contribution in [0.5, 0.6) is 0 Å². The first-order valence-corrected chi connectivity index (χ1v) is 7.47. The van der Waals surface area contributed by atoms with E-state index in [9.17, 15) is 4.79 Å². The van der Waals surface area contributed by atoms with Crippen LogP contribution in [0.3, 0.4) is 0 Å². The monoisotopic (exact) mass is 307 g/mol. The van der Waals surface area contributed by atoms with E-state index in [1.54, 1.807) is 15.6 Å². The van der Waals surface area contributed by atoms with Crippen LogP contribution < -0.4 is 10.9 Å². The number of aryl methyl sites for hydroxylation is 2. The molecule has 21 heavy (non-hydrogen) atoms. The molecule has 2 aromatic heterocycles. The van der Waals surface area contributed by atoms with Crippen molar-refractivity contribution in [3.63, 3.8) is 0 Å². The third-order valence-corrected chi connectivity index (χ3v) is 4.32. The van der Waals surface area contributed by atoms with E-state index in [4.69, 9.17) is 11.6 Å². The van der Waals surface area contributed by atoms with Gasteiger partial charge in [0.25, 0.3) is 5.56 Å². The van der Waals surface area contributed by atoms with Crippen LogP contribution in [-0.4, -0.2) is 25.9 Å². The van der Waals surface area contributed by atoms with Crippen LogP contribution in [0.25, 0.3) is 0 Å². The van der Waals surface area contributed by atoms with Gasteiger partial charge in [0.1, 0.15) is 0 Å². The van der Waals surface area contributed by atoms with E-state index < -0.39 is 0 Å². The van der Waals surface area contributed by atoms with Crippen molar-refractivity contribution in [2.75, 3.05) is 6.54 Å². The van der Waals surface area contributed by atoms with E-state index in [1.807, 2.05) is 14.0 Å². The normalized spacial score (nSPS) is 14.2. The van der Waals surface area contributed by atoms with Gasteiger partial charge in [0.15, 0.2) is 0 Å². The standard InChI is InChI=1S/C14H18ClN5O/c1-3-10-13(15)12(19(2)18-10)7-20-8-17-11-6-16-5-4-9(11)14(20)21/h8,16H,3-7H2,1-2H3. The summed E-state index contributed by atoms with van der Waals surface area (Å²) in [4.78, 5) is 16.9. The average Bonchev–Trinajstić information content (AvgIpc) is 2.77. The number of hydrogen-bond acceptors (Lipinski definition) is 4. The van der Waals surface area contributed by atoms with Crippen LogP contribution in [-0.2, 0) is 33.0 Å². The lowest BCUT2D eigenvalue weighted by Crippen LogP contribution is -2.34. The highest BCUT2D eigenvalue weighted by atomic mass is 35.5. The molecule has 0 bridgehead atoms. The van der Waals surface area contributed by atoms with E-state index in [0.717, 1.165) is 42.0 Å². The molecule has 1 aliphatic heterocycles. The molecule has 1 aliphatic rings. The van der Waals surface area contributed by atoms with Crippen LogP contribution in [0.1, 0.15) is 29.6 Å². The third kappa shape index (κ3) is 2.49. The van der Waals surface area contributed by atoms with Crippen LogP contribution in [0.15, 0.2) is 11.1 Å². The van der Waals surface area contributed by atoms with E-state index >= 15 is 0 Å². The van der Waals surface area contributed by atoms with Crippen LogP contribution in [0.4, 0.5) is 0 Å². The topological polar surface area (TPSA) is 64.7 Å². The maximum absolute atomic E-state index is 12.5. The molecule has 0 atom stereocenters. The number of nitrogens with one attached hydrogen (secondary N) is 1. The molecule has 2 aromatic rings. The SMILES string of the molecule is CCc1nn(C)c(Cn2cnc3c(c2=O)CCNC3)c1Cl. The maximum Gasteiger partial charge on any atom is 0.257 e. The van der Waals surface area contributed by atoms with E-state index in [-0.39, 0.29) is 5.56 Å². The summed E-state index contributed by atoms with van der Waals surface area (Å²) in [6.07, 6.45) is 3.10. The molecule has 6 nitrogen and oxygen atoms in total. The fourth-order valence-electron chi connectivity index (χ4n) is 2.66. The Balaban J connectivity index is 1.99. The highest BCUT2D eigenvalue weighted by Gasteiger charge is 2.18. The van der Waals surface area contributed by atoms with E-state index in [2.05, 4.69) is 15.4 Å². The first-order chi connectivity index (χ1) is 10.1. The first-order valence-electron chi connectivity index (χ1n) is 7.10. The third-order valence-electron chi connectivity index (χ3n) is 3.89. The van der Waals surface area contributed by atoms with Gasteiger partial charge in [-0.05, 0) is 19.4 Å². The van der Waals surface area contributed by atoms with Crippen molar-refractivity contribution < 1.29 is 0 Å². The summed E-state index contributed by atoms with van der Waals surface area (Å²) in [7, 11) is 1.85. The van der Waals surface area contributed by atoms with Crippen LogP contribution >= 0.6 is 11.6 Å². The van der Waals surface area contributed by atoms with E-state index in [0.29, 0.717) is 18.1 Å². The number of halogens is 1. The molecule has 0 radical (unpaired) electrons. The second kappa shape index (κ2) is 5.61. The Bertz CT molecular complexity index is 734. The lowest BCUT2D eigenvalue weighted by Gasteiger charge is -2.17. The predicted molar refractivity (Wildman–Crippen MR) is 80.6 cm³/mol. The fraction of sp³-hybridized carbons (Fsp3) is 0.500. The van der Waals surface area contributed by atoms with Crippen molar-refractivity contribution in [2.45, 2.75) is 32.9 Å². The molecular formula is C14H18ClN5O. The molecule has 0 unspecified atom stereocenters. The maximum atomic E-state index is 12.5. The zero-order chi connectivity index (χ0) is 15.0. The summed E-state index contributed by atoms with van der Waals surface area (Å²) >= 11 is 6.35. The van der Waals surface area contributed by atoms with Crippen molar-refractivity contribution >= 4 is 11.6 Å². The number of aromatic nitrogens is 4. The van der Waals surface area contributed by atoms with Gasteiger partial charge in [0.2, 0.25) is 0 Å². The predicted octanol–water partition coefficient (Wildman–Crippen LogP) is 0.887. The number of hydrogen-bond donors (Lipinski definition) is 1. The van der Waals surface area contributed by atoms with Gasteiger partial charge in [0.05, 0.1) is 35.0 Å². The van der Waals surface area contributed by atoms with Gasteiger partial charge in [-0.2, -0.15) is 5.10 Å². The minimum atomic E-state index is 0.0248. The fourth-order valence-corrected chi connectivity index (χ4v) is 3.01. The van der Waals surface area contributed by atoms with Crippen molar-refractivity contribution in [1.29, 1.82) is 0 Å². The summed E-state index contributed by atoms with van der Waals surface area (Å²) in [6.45, 7) is 3.89. The lowest BCUT2D eigenvalue weighted by molar-refractivity contribution is 0.585.